The van der Waals surface area contributed by atoms with Gasteiger partial charge in [-0.3, -0.25) is 10.1 Å². The van der Waals surface area contributed by atoms with Gasteiger partial charge in [0.05, 0.1) is 55.7 Å². The van der Waals surface area contributed by atoms with Crippen molar-refractivity contribution in [1.82, 2.24) is 0 Å². The SMILES string of the molecule is CCCCCCCCCCCCCCCCCCN1c2ccccc2C(C)(C)C12C=Cc1cc([N+](=O)[O-])cc(N3CCOCCOCCOCC3)c1O2. The Hall–Kier alpha value is -3.14. The molecule has 3 aliphatic heterocycles. The first-order valence-electron chi connectivity index (χ1n) is 20.9. The van der Waals surface area contributed by atoms with Crippen LogP contribution in [0, 0.1) is 10.1 Å². The third kappa shape index (κ3) is 10.8. The van der Waals surface area contributed by atoms with Crippen LogP contribution in [0.15, 0.2) is 42.5 Å². The molecule has 1 fully saturated rings. The standard InChI is InChI=1S/C44H67N3O6/c1-4-5-6-7-8-9-10-11-12-13-14-15-16-17-18-21-26-46-40-23-20-19-22-39(40)43(2,3)44(46)25-24-37-35-38(47(48)49)36-41(42(37)53-44)45-27-29-50-31-33-52-34-32-51-30-28-45/h19-20,22-25,35-36H,4-18,21,26-34H2,1-3H3. The third-order valence-electron chi connectivity index (χ3n) is 11.5. The number of fused-ring (bicyclic) bond motifs is 2. The first kappa shape index (κ1) is 41.0. The van der Waals surface area contributed by atoms with Crippen molar-refractivity contribution < 1.29 is 23.9 Å². The van der Waals surface area contributed by atoms with E-state index in [1.165, 1.54) is 108 Å². The molecule has 0 amide bonds. The maximum Gasteiger partial charge on any atom is 0.272 e. The lowest BCUT2D eigenvalue weighted by Crippen LogP contribution is -2.60. The van der Waals surface area contributed by atoms with Gasteiger partial charge in [0, 0.05) is 43.0 Å². The number of hydrogen-bond acceptors (Lipinski definition) is 8. The summed E-state index contributed by atoms with van der Waals surface area (Å²) in [7, 11) is 0. The molecule has 53 heavy (non-hydrogen) atoms. The van der Waals surface area contributed by atoms with Gasteiger partial charge in [0.1, 0.15) is 0 Å². The Labute approximate surface area is 319 Å². The molecule has 0 N–H and O–H groups in total. The topological polar surface area (TPSA) is 86.5 Å². The fourth-order valence-corrected chi connectivity index (χ4v) is 8.36. The largest absolute Gasteiger partial charge is 0.461 e. The lowest BCUT2D eigenvalue weighted by molar-refractivity contribution is -0.384. The molecule has 9 nitrogen and oxygen atoms in total. The summed E-state index contributed by atoms with van der Waals surface area (Å²) >= 11 is 0. The Balaban J connectivity index is 1.22. The van der Waals surface area contributed by atoms with Crippen molar-refractivity contribution in [3.63, 3.8) is 0 Å². The van der Waals surface area contributed by atoms with Crippen LogP contribution in [0.4, 0.5) is 17.1 Å². The van der Waals surface area contributed by atoms with Crippen LogP contribution in [0.2, 0.25) is 0 Å². The minimum absolute atomic E-state index is 0.0447. The summed E-state index contributed by atoms with van der Waals surface area (Å²) in [6.45, 7) is 11.7. The van der Waals surface area contributed by atoms with E-state index >= 15 is 0 Å². The van der Waals surface area contributed by atoms with E-state index in [4.69, 9.17) is 18.9 Å². The summed E-state index contributed by atoms with van der Waals surface area (Å²) in [4.78, 5) is 16.4. The highest BCUT2D eigenvalue weighted by atomic mass is 16.6. The molecule has 0 radical (unpaired) electrons. The Morgan fingerprint density at radius 2 is 1.23 bits per heavy atom. The molecule has 3 heterocycles. The van der Waals surface area contributed by atoms with E-state index in [2.05, 4.69) is 60.9 Å². The molecule has 0 saturated carbocycles. The molecular formula is C44H67N3O6. The van der Waals surface area contributed by atoms with Gasteiger partial charge in [-0.15, -0.1) is 0 Å². The van der Waals surface area contributed by atoms with Crippen molar-refractivity contribution in [3.8, 4) is 5.75 Å². The van der Waals surface area contributed by atoms with E-state index in [9.17, 15) is 10.1 Å². The number of ether oxygens (including phenoxy) is 4. The second-order valence-corrected chi connectivity index (χ2v) is 15.7. The van der Waals surface area contributed by atoms with Crippen LogP contribution in [-0.4, -0.2) is 69.9 Å². The van der Waals surface area contributed by atoms with Gasteiger partial charge in [0.25, 0.3) is 5.69 Å². The smallest absolute Gasteiger partial charge is 0.272 e. The molecule has 2 aromatic rings. The second-order valence-electron chi connectivity index (χ2n) is 15.7. The molecule has 3 aliphatic rings. The molecule has 2 aromatic carbocycles. The molecule has 0 aromatic heterocycles. The minimum Gasteiger partial charge on any atom is -0.461 e. The van der Waals surface area contributed by atoms with E-state index in [0.717, 1.165) is 18.5 Å². The van der Waals surface area contributed by atoms with Crippen molar-refractivity contribution in [3.05, 3.63) is 63.7 Å². The second kappa shape index (κ2) is 21.1. The maximum absolute atomic E-state index is 12.2. The van der Waals surface area contributed by atoms with Crippen LogP contribution >= 0.6 is 0 Å². The Bertz CT molecular complexity index is 1430. The van der Waals surface area contributed by atoms with Gasteiger partial charge >= 0.3 is 0 Å². The summed E-state index contributed by atoms with van der Waals surface area (Å²) in [5.41, 5.74) is 2.74. The highest BCUT2D eigenvalue weighted by Crippen LogP contribution is 2.56. The average molecular weight is 734 g/mol. The average Bonchev–Trinajstić information content (AvgIpc) is 3.32. The van der Waals surface area contributed by atoms with Gasteiger partial charge < -0.3 is 28.7 Å². The first-order chi connectivity index (χ1) is 25.9. The normalized spacial score (nSPS) is 20.1. The van der Waals surface area contributed by atoms with Crippen LogP contribution in [0.25, 0.3) is 6.08 Å². The quantitative estimate of drug-likeness (QED) is 0.0801. The van der Waals surface area contributed by atoms with Crippen LogP contribution < -0.4 is 14.5 Å². The van der Waals surface area contributed by atoms with Gasteiger partial charge in [-0.1, -0.05) is 121 Å². The molecular weight excluding hydrogens is 666 g/mol. The van der Waals surface area contributed by atoms with Crippen LogP contribution in [0.5, 0.6) is 5.75 Å². The number of para-hydroxylation sites is 1. The lowest BCUT2D eigenvalue weighted by atomic mass is 9.76. The molecule has 294 valence electrons. The molecule has 1 spiro atoms. The van der Waals surface area contributed by atoms with E-state index in [-0.39, 0.29) is 16.0 Å². The number of unbranched alkanes of at least 4 members (excludes halogenated alkanes) is 15. The van der Waals surface area contributed by atoms with Gasteiger partial charge in [0.15, 0.2) is 5.75 Å². The molecule has 0 bridgehead atoms. The fraction of sp³-hybridized carbons (Fsp3) is 0.682. The zero-order chi connectivity index (χ0) is 37.4. The zero-order valence-electron chi connectivity index (χ0n) is 33.1. The van der Waals surface area contributed by atoms with E-state index in [0.29, 0.717) is 64.2 Å². The highest BCUT2D eigenvalue weighted by Gasteiger charge is 2.59. The predicted octanol–water partition coefficient (Wildman–Crippen LogP) is 10.6. The zero-order valence-corrected chi connectivity index (χ0v) is 33.1. The maximum atomic E-state index is 12.2. The van der Waals surface area contributed by atoms with Crippen molar-refractivity contribution in [1.29, 1.82) is 0 Å². The summed E-state index contributed by atoms with van der Waals surface area (Å²) in [6.07, 6.45) is 25.7. The van der Waals surface area contributed by atoms with Crippen LogP contribution in [0.1, 0.15) is 135 Å². The molecule has 1 unspecified atom stereocenters. The number of nitrogens with zero attached hydrogens (tertiary/aromatic N) is 3. The summed E-state index contributed by atoms with van der Waals surface area (Å²) < 4.78 is 24.7. The van der Waals surface area contributed by atoms with Crippen molar-refractivity contribution >= 4 is 23.1 Å². The summed E-state index contributed by atoms with van der Waals surface area (Å²) in [5.74, 6) is 0.673. The summed E-state index contributed by atoms with van der Waals surface area (Å²) in [5, 5.41) is 12.2. The number of rotatable bonds is 19. The Morgan fingerprint density at radius 3 is 1.79 bits per heavy atom. The van der Waals surface area contributed by atoms with Crippen LogP contribution in [0.3, 0.4) is 0 Å². The third-order valence-corrected chi connectivity index (χ3v) is 11.5. The van der Waals surface area contributed by atoms with E-state index < -0.39 is 5.72 Å². The number of nitro groups is 1. The van der Waals surface area contributed by atoms with Crippen molar-refractivity contribution in [2.45, 2.75) is 135 Å². The molecule has 1 saturated heterocycles. The summed E-state index contributed by atoms with van der Waals surface area (Å²) in [6, 6.07) is 12.0. The van der Waals surface area contributed by atoms with Crippen molar-refractivity contribution in [2.75, 3.05) is 69.1 Å². The molecule has 9 heteroatoms. The Morgan fingerprint density at radius 1 is 0.698 bits per heavy atom. The van der Waals surface area contributed by atoms with Gasteiger partial charge in [-0.25, -0.2) is 0 Å². The van der Waals surface area contributed by atoms with Crippen LogP contribution in [-0.2, 0) is 19.6 Å². The minimum atomic E-state index is -0.791. The monoisotopic (exact) mass is 734 g/mol. The van der Waals surface area contributed by atoms with Gasteiger partial charge in [-0.05, 0) is 44.1 Å². The van der Waals surface area contributed by atoms with E-state index in [1.807, 2.05) is 6.08 Å². The number of anilines is 2. The number of nitro benzene ring substituents is 1. The first-order valence-corrected chi connectivity index (χ1v) is 20.9. The number of non-ortho nitro benzene ring substituents is 1. The predicted molar refractivity (Wildman–Crippen MR) is 217 cm³/mol. The number of benzene rings is 2. The molecule has 0 aliphatic carbocycles. The Kier molecular flexibility index (Phi) is 16.3. The van der Waals surface area contributed by atoms with Crippen molar-refractivity contribution in [2.24, 2.45) is 0 Å². The molecule has 1 atom stereocenters. The van der Waals surface area contributed by atoms with E-state index in [1.54, 1.807) is 12.1 Å². The molecule has 5 rings (SSSR count). The van der Waals surface area contributed by atoms with Gasteiger partial charge in [-0.2, -0.15) is 0 Å². The lowest BCUT2D eigenvalue weighted by Gasteiger charge is -2.48. The van der Waals surface area contributed by atoms with Gasteiger partial charge in [0.2, 0.25) is 5.72 Å². The fourth-order valence-electron chi connectivity index (χ4n) is 8.36. The highest BCUT2D eigenvalue weighted by molar-refractivity contribution is 5.79. The number of hydrogen-bond donors (Lipinski definition) is 0.